The molecule has 5 nitrogen and oxygen atoms in total. The highest BCUT2D eigenvalue weighted by atomic mass is 35.5. The summed E-state index contributed by atoms with van der Waals surface area (Å²) in [5.41, 5.74) is 0.500. The van der Waals surface area contributed by atoms with Crippen LogP contribution in [0.4, 0.5) is 0 Å². The molecule has 1 saturated heterocycles. The van der Waals surface area contributed by atoms with Crippen molar-refractivity contribution in [1.29, 1.82) is 0 Å². The largest absolute Gasteiger partial charge is 0.504 e. The molecular formula is C12H14ClNO4. The third-order valence-corrected chi connectivity index (χ3v) is 3.50. The standard InChI is InChI=1S/C12H14ClNO4/c1-18-9-3-2-7(13)10(11(9)15)8-4-6(5-14-8)12(16)17/h2-3,6,8,14-15H,4-5H2,1H3,(H,16,17). The number of ether oxygens (including phenoxy) is 1. The van der Waals surface area contributed by atoms with Gasteiger partial charge in [-0.05, 0) is 18.6 Å². The van der Waals surface area contributed by atoms with Crippen LogP contribution in [0.5, 0.6) is 11.5 Å². The van der Waals surface area contributed by atoms with Gasteiger partial charge in [0.15, 0.2) is 11.5 Å². The van der Waals surface area contributed by atoms with Crippen molar-refractivity contribution in [2.24, 2.45) is 5.92 Å². The highest BCUT2D eigenvalue weighted by Gasteiger charge is 2.33. The normalized spacial score (nSPS) is 23.0. The molecule has 98 valence electrons. The smallest absolute Gasteiger partial charge is 0.307 e. The monoisotopic (exact) mass is 271 g/mol. The lowest BCUT2D eigenvalue weighted by molar-refractivity contribution is -0.141. The number of nitrogens with one attached hydrogen (secondary N) is 1. The number of carboxylic acid groups (broad SMARTS) is 1. The van der Waals surface area contributed by atoms with E-state index < -0.39 is 11.9 Å². The van der Waals surface area contributed by atoms with E-state index in [-0.39, 0.29) is 11.8 Å². The summed E-state index contributed by atoms with van der Waals surface area (Å²) in [6, 6.07) is 2.93. The van der Waals surface area contributed by atoms with E-state index in [1.165, 1.54) is 7.11 Å². The lowest BCUT2D eigenvalue weighted by Crippen LogP contribution is -2.17. The van der Waals surface area contributed by atoms with Gasteiger partial charge in [0.05, 0.1) is 13.0 Å². The summed E-state index contributed by atoms with van der Waals surface area (Å²) in [6.45, 7) is 0.368. The molecule has 1 aromatic rings. The Morgan fingerprint density at radius 2 is 2.28 bits per heavy atom. The molecule has 0 spiro atoms. The first kappa shape index (κ1) is 13.0. The fourth-order valence-electron chi connectivity index (χ4n) is 2.20. The minimum Gasteiger partial charge on any atom is -0.504 e. The maximum Gasteiger partial charge on any atom is 0.307 e. The molecule has 0 aromatic heterocycles. The van der Waals surface area contributed by atoms with Gasteiger partial charge in [-0.3, -0.25) is 4.79 Å². The Morgan fingerprint density at radius 1 is 1.56 bits per heavy atom. The molecule has 0 bridgehead atoms. The molecule has 2 atom stereocenters. The van der Waals surface area contributed by atoms with Crippen LogP contribution in [0, 0.1) is 5.92 Å². The first-order chi connectivity index (χ1) is 8.54. The minimum atomic E-state index is -0.844. The van der Waals surface area contributed by atoms with Gasteiger partial charge < -0.3 is 20.3 Å². The summed E-state index contributed by atoms with van der Waals surface area (Å²) in [4.78, 5) is 10.9. The fourth-order valence-corrected chi connectivity index (χ4v) is 2.49. The van der Waals surface area contributed by atoms with Gasteiger partial charge in [0, 0.05) is 23.2 Å². The van der Waals surface area contributed by atoms with Crippen LogP contribution >= 0.6 is 11.6 Å². The maximum absolute atomic E-state index is 10.9. The van der Waals surface area contributed by atoms with Crippen LogP contribution in [0.15, 0.2) is 12.1 Å². The molecule has 0 amide bonds. The molecule has 1 aliphatic heterocycles. The third kappa shape index (κ3) is 2.23. The molecule has 6 heteroatoms. The van der Waals surface area contributed by atoms with Gasteiger partial charge in [-0.15, -0.1) is 0 Å². The van der Waals surface area contributed by atoms with Crippen molar-refractivity contribution in [2.45, 2.75) is 12.5 Å². The van der Waals surface area contributed by atoms with Crippen LogP contribution in [0.25, 0.3) is 0 Å². The molecule has 0 radical (unpaired) electrons. The van der Waals surface area contributed by atoms with E-state index in [4.69, 9.17) is 21.4 Å². The number of rotatable bonds is 3. The number of hydrogen-bond donors (Lipinski definition) is 3. The summed E-state index contributed by atoms with van der Waals surface area (Å²) in [5, 5.41) is 22.5. The molecule has 2 rings (SSSR count). The van der Waals surface area contributed by atoms with E-state index in [1.807, 2.05) is 0 Å². The Balaban J connectivity index is 2.32. The SMILES string of the molecule is COc1ccc(Cl)c(C2CC(C(=O)O)CN2)c1O. The number of phenolic OH excluding ortho intramolecular Hbond substituents is 1. The molecule has 1 fully saturated rings. The van der Waals surface area contributed by atoms with Gasteiger partial charge in [-0.25, -0.2) is 0 Å². The number of phenols is 1. The molecule has 18 heavy (non-hydrogen) atoms. The highest BCUT2D eigenvalue weighted by molar-refractivity contribution is 6.31. The van der Waals surface area contributed by atoms with E-state index in [0.29, 0.717) is 29.3 Å². The first-order valence-electron chi connectivity index (χ1n) is 5.56. The van der Waals surface area contributed by atoms with E-state index in [1.54, 1.807) is 12.1 Å². The van der Waals surface area contributed by atoms with Crippen LogP contribution in [-0.2, 0) is 4.79 Å². The predicted molar refractivity (Wildman–Crippen MR) is 66.2 cm³/mol. The van der Waals surface area contributed by atoms with Gasteiger partial charge in [0.25, 0.3) is 0 Å². The number of carbonyl (C=O) groups is 1. The molecule has 2 unspecified atom stereocenters. The zero-order valence-electron chi connectivity index (χ0n) is 9.81. The first-order valence-corrected chi connectivity index (χ1v) is 5.94. The number of hydrogen-bond acceptors (Lipinski definition) is 4. The molecule has 0 saturated carbocycles. The summed E-state index contributed by atoms with van der Waals surface area (Å²) in [5.74, 6) is -1.01. The summed E-state index contributed by atoms with van der Waals surface area (Å²) in [7, 11) is 1.45. The number of aromatic hydroxyl groups is 1. The van der Waals surface area contributed by atoms with Crippen molar-refractivity contribution < 1.29 is 19.7 Å². The van der Waals surface area contributed by atoms with Crippen molar-refractivity contribution in [3.05, 3.63) is 22.7 Å². The molecule has 1 aromatic carbocycles. The van der Waals surface area contributed by atoms with Crippen LogP contribution in [0.1, 0.15) is 18.0 Å². The predicted octanol–water partition coefficient (Wildman–Crippen LogP) is 1.79. The minimum absolute atomic E-state index is 0.0338. The third-order valence-electron chi connectivity index (χ3n) is 3.18. The van der Waals surface area contributed by atoms with Gasteiger partial charge >= 0.3 is 5.97 Å². The summed E-state index contributed by atoms with van der Waals surface area (Å²) >= 11 is 6.06. The second-order valence-electron chi connectivity index (χ2n) is 4.24. The molecular weight excluding hydrogens is 258 g/mol. The van der Waals surface area contributed by atoms with Gasteiger partial charge in [-0.1, -0.05) is 11.6 Å². The number of methoxy groups -OCH3 is 1. The van der Waals surface area contributed by atoms with Crippen molar-refractivity contribution in [2.75, 3.05) is 13.7 Å². The number of aliphatic carboxylic acids is 1. The molecule has 1 heterocycles. The number of halogens is 1. The zero-order valence-corrected chi connectivity index (χ0v) is 10.6. The van der Waals surface area contributed by atoms with Gasteiger partial charge in [-0.2, -0.15) is 0 Å². The Bertz CT molecular complexity index is 477. The van der Waals surface area contributed by atoms with E-state index in [2.05, 4.69) is 5.32 Å². The van der Waals surface area contributed by atoms with Gasteiger partial charge in [0.1, 0.15) is 0 Å². The Labute approximate surface area is 109 Å². The van der Waals surface area contributed by atoms with Crippen LogP contribution < -0.4 is 10.1 Å². The van der Waals surface area contributed by atoms with E-state index in [0.717, 1.165) is 0 Å². The number of benzene rings is 1. The van der Waals surface area contributed by atoms with Crippen LogP contribution in [-0.4, -0.2) is 29.8 Å². The Hall–Kier alpha value is -1.46. The average molecular weight is 272 g/mol. The zero-order chi connectivity index (χ0) is 13.3. The summed E-state index contributed by atoms with van der Waals surface area (Å²) in [6.07, 6.45) is 0.399. The fraction of sp³-hybridized carbons (Fsp3) is 0.417. The Morgan fingerprint density at radius 3 is 2.83 bits per heavy atom. The quantitative estimate of drug-likeness (QED) is 0.781. The lowest BCUT2D eigenvalue weighted by atomic mass is 9.99. The van der Waals surface area contributed by atoms with Crippen molar-refractivity contribution in [3.8, 4) is 11.5 Å². The van der Waals surface area contributed by atoms with E-state index in [9.17, 15) is 9.90 Å². The molecule has 3 N–H and O–H groups in total. The van der Waals surface area contributed by atoms with E-state index >= 15 is 0 Å². The van der Waals surface area contributed by atoms with Gasteiger partial charge in [0.2, 0.25) is 0 Å². The van der Waals surface area contributed by atoms with Crippen molar-refractivity contribution in [1.82, 2.24) is 5.32 Å². The molecule has 0 aliphatic carbocycles. The van der Waals surface area contributed by atoms with Crippen LogP contribution in [0.2, 0.25) is 5.02 Å². The lowest BCUT2D eigenvalue weighted by Gasteiger charge is -2.16. The Kier molecular flexibility index (Phi) is 3.63. The van der Waals surface area contributed by atoms with Crippen LogP contribution in [0.3, 0.4) is 0 Å². The topological polar surface area (TPSA) is 78.8 Å². The van der Waals surface area contributed by atoms with Crippen molar-refractivity contribution in [3.63, 3.8) is 0 Å². The highest BCUT2D eigenvalue weighted by Crippen LogP contribution is 2.42. The number of carboxylic acids is 1. The molecule has 1 aliphatic rings. The second kappa shape index (κ2) is 5.04. The maximum atomic E-state index is 10.9. The second-order valence-corrected chi connectivity index (χ2v) is 4.65. The summed E-state index contributed by atoms with van der Waals surface area (Å²) < 4.78 is 5.02. The van der Waals surface area contributed by atoms with Crippen molar-refractivity contribution >= 4 is 17.6 Å². The average Bonchev–Trinajstić information content (AvgIpc) is 2.79.